The lowest BCUT2D eigenvalue weighted by Gasteiger charge is -2.39. The van der Waals surface area contributed by atoms with Crippen LogP contribution in [0.2, 0.25) is 0 Å². The van der Waals surface area contributed by atoms with Gasteiger partial charge in [-0.2, -0.15) is 0 Å². The first-order chi connectivity index (χ1) is 17.7. The highest BCUT2D eigenvalue weighted by Crippen LogP contribution is 2.41. The Morgan fingerprint density at radius 3 is 2.55 bits per heavy atom. The number of hydrogen-bond acceptors (Lipinski definition) is 6. The maximum Gasteiger partial charge on any atom is 0.305 e. The Morgan fingerprint density at radius 1 is 1.26 bits per heavy atom. The molecule has 10 heteroatoms. The molecule has 0 radical (unpaired) electrons. The molecule has 2 aliphatic rings. The zero-order valence-electron chi connectivity index (χ0n) is 22.4. The lowest BCUT2D eigenvalue weighted by molar-refractivity contribution is -0.290. The van der Waals surface area contributed by atoms with Gasteiger partial charge in [-0.05, 0) is 55.9 Å². The monoisotopic (exact) mass is 546 g/mol. The van der Waals surface area contributed by atoms with Gasteiger partial charge in [-0.25, -0.2) is 17.8 Å². The molecule has 1 aromatic carbocycles. The molecule has 0 unspecified atom stereocenters. The van der Waals surface area contributed by atoms with Crippen LogP contribution in [-0.4, -0.2) is 55.3 Å². The van der Waals surface area contributed by atoms with Gasteiger partial charge in [0.2, 0.25) is 10.0 Å². The number of benzene rings is 1. The molecule has 0 aliphatic carbocycles. The molecule has 2 aliphatic heterocycles. The van der Waals surface area contributed by atoms with Gasteiger partial charge in [0.05, 0.1) is 30.6 Å². The molecule has 1 N–H and O–H groups in total. The van der Waals surface area contributed by atoms with E-state index in [9.17, 15) is 22.7 Å². The molecule has 8 nitrogen and oxygen atoms in total. The largest absolute Gasteiger partial charge is 0.481 e. The highest BCUT2D eigenvalue weighted by atomic mass is 32.2. The summed E-state index contributed by atoms with van der Waals surface area (Å²) in [5.74, 6) is -1.89. The minimum absolute atomic E-state index is 0.0470. The number of rotatable bonds is 7. The van der Waals surface area contributed by atoms with Crippen LogP contribution in [0.15, 0.2) is 30.3 Å². The Balaban J connectivity index is 1.88. The van der Waals surface area contributed by atoms with Crippen molar-refractivity contribution in [2.24, 2.45) is 0 Å². The summed E-state index contributed by atoms with van der Waals surface area (Å²) >= 11 is 0. The van der Waals surface area contributed by atoms with E-state index < -0.39 is 34.0 Å². The summed E-state index contributed by atoms with van der Waals surface area (Å²) in [6.45, 7) is 7.84. The number of halogens is 1. The van der Waals surface area contributed by atoms with Crippen molar-refractivity contribution in [2.75, 3.05) is 17.1 Å². The fourth-order valence-corrected chi connectivity index (χ4v) is 6.19. The molecular formula is C28H35FN2O6S. The third-order valence-electron chi connectivity index (χ3n) is 6.71. The SMILES string of the molecule is CC(C)c1nc2c(c(-c3ccc(F)cc3)c1C=C[C@@H]1C[C@H](CC(=O)O)OC(C)(C)O1)CCCN2S(C)(=O)=O. The third kappa shape index (κ3) is 6.24. The number of nitrogens with zero attached hydrogens (tertiary/aromatic N) is 2. The highest BCUT2D eigenvalue weighted by Gasteiger charge is 2.36. The van der Waals surface area contributed by atoms with Crippen molar-refractivity contribution >= 4 is 27.9 Å². The topological polar surface area (TPSA) is 106 Å². The van der Waals surface area contributed by atoms with E-state index in [4.69, 9.17) is 14.5 Å². The Bertz CT molecular complexity index is 1340. The number of fused-ring (bicyclic) bond motifs is 1. The lowest BCUT2D eigenvalue weighted by Crippen LogP contribution is -2.44. The van der Waals surface area contributed by atoms with Crippen LogP contribution in [0.3, 0.4) is 0 Å². The Kier molecular flexibility index (Phi) is 7.97. The smallest absolute Gasteiger partial charge is 0.305 e. The first-order valence-electron chi connectivity index (χ1n) is 12.8. The van der Waals surface area contributed by atoms with Crippen molar-refractivity contribution in [3.63, 3.8) is 0 Å². The molecule has 4 rings (SSSR count). The first kappa shape index (κ1) is 28.2. The maximum absolute atomic E-state index is 13.9. The number of carbonyl (C=O) groups is 1. The molecule has 0 amide bonds. The molecule has 0 saturated carbocycles. The number of aromatic nitrogens is 1. The molecule has 1 fully saturated rings. The van der Waals surface area contributed by atoms with Crippen LogP contribution < -0.4 is 4.31 Å². The zero-order chi connectivity index (χ0) is 27.8. The third-order valence-corrected chi connectivity index (χ3v) is 7.86. The number of sulfonamides is 1. The van der Waals surface area contributed by atoms with Gasteiger partial charge in [0.1, 0.15) is 11.6 Å². The Morgan fingerprint density at radius 2 is 1.95 bits per heavy atom. The lowest BCUT2D eigenvalue weighted by atomic mass is 9.87. The van der Waals surface area contributed by atoms with Crippen molar-refractivity contribution in [2.45, 2.75) is 77.3 Å². The van der Waals surface area contributed by atoms with Crippen molar-refractivity contribution in [1.29, 1.82) is 0 Å². The van der Waals surface area contributed by atoms with Gasteiger partial charge in [0, 0.05) is 24.1 Å². The van der Waals surface area contributed by atoms with E-state index in [0.717, 1.165) is 22.3 Å². The molecule has 3 heterocycles. The van der Waals surface area contributed by atoms with Gasteiger partial charge >= 0.3 is 5.97 Å². The van der Waals surface area contributed by atoms with Gasteiger partial charge < -0.3 is 14.6 Å². The van der Waals surface area contributed by atoms with E-state index in [1.807, 2.05) is 26.0 Å². The summed E-state index contributed by atoms with van der Waals surface area (Å²) in [6, 6.07) is 6.18. The van der Waals surface area contributed by atoms with E-state index >= 15 is 0 Å². The summed E-state index contributed by atoms with van der Waals surface area (Å²) in [5.41, 5.74) is 3.90. The van der Waals surface area contributed by atoms with Crippen LogP contribution >= 0.6 is 0 Å². The van der Waals surface area contributed by atoms with E-state index in [-0.39, 0.29) is 18.2 Å². The van der Waals surface area contributed by atoms with Crippen LogP contribution in [0, 0.1) is 5.82 Å². The fraction of sp³-hybridized carbons (Fsp3) is 0.500. The van der Waals surface area contributed by atoms with Crippen LogP contribution in [0.1, 0.15) is 69.7 Å². The zero-order valence-corrected chi connectivity index (χ0v) is 23.2. The second-order valence-electron chi connectivity index (χ2n) is 10.7. The van der Waals surface area contributed by atoms with Crippen LogP contribution in [0.5, 0.6) is 0 Å². The number of ether oxygens (including phenoxy) is 2. The number of hydrogen-bond donors (Lipinski definition) is 1. The van der Waals surface area contributed by atoms with Crippen LogP contribution in [0.25, 0.3) is 17.2 Å². The minimum Gasteiger partial charge on any atom is -0.481 e. The molecule has 0 spiro atoms. The van der Waals surface area contributed by atoms with Crippen LogP contribution in [-0.2, 0) is 30.7 Å². The maximum atomic E-state index is 13.9. The van der Waals surface area contributed by atoms with Gasteiger partial charge in [-0.15, -0.1) is 0 Å². The average Bonchev–Trinajstić information content (AvgIpc) is 2.80. The number of anilines is 1. The van der Waals surface area contributed by atoms with E-state index in [1.54, 1.807) is 26.0 Å². The Labute approximate surface area is 223 Å². The van der Waals surface area contributed by atoms with Crippen LogP contribution in [0.4, 0.5) is 10.2 Å². The second kappa shape index (κ2) is 10.7. The summed E-state index contributed by atoms with van der Waals surface area (Å²) in [4.78, 5) is 16.2. The summed E-state index contributed by atoms with van der Waals surface area (Å²) in [7, 11) is -3.55. The van der Waals surface area contributed by atoms with E-state index in [0.29, 0.717) is 37.3 Å². The van der Waals surface area contributed by atoms with Gasteiger partial charge in [0.15, 0.2) is 5.79 Å². The summed E-state index contributed by atoms with van der Waals surface area (Å²) < 4.78 is 52.4. The van der Waals surface area contributed by atoms with E-state index in [1.165, 1.54) is 22.7 Å². The first-order valence-corrected chi connectivity index (χ1v) is 14.7. The predicted octanol–water partition coefficient (Wildman–Crippen LogP) is 5.12. The normalized spacial score (nSPS) is 21.6. The number of carboxylic acid groups (broad SMARTS) is 1. The molecule has 2 aromatic rings. The quantitative estimate of drug-likeness (QED) is 0.514. The molecule has 1 saturated heterocycles. The van der Waals surface area contributed by atoms with Crippen molar-refractivity contribution in [3.05, 3.63) is 53.0 Å². The molecule has 38 heavy (non-hydrogen) atoms. The number of aliphatic carboxylic acids is 1. The van der Waals surface area contributed by atoms with Gasteiger partial charge in [0.25, 0.3) is 0 Å². The Hall–Kier alpha value is -2.82. The van der Waals surface area contributed by atoms with Gasteiger partial charge in [-0.3, -0.25) is 9.10 Å². The van der Waals surface area contributed by atoms with Crippen molar-refractivity contribution in [1.82, 2.24) is 4.98 Å². The molecule has 206 valence electrons. The summed E-state index contributed by atoms with van der Waals surface area (Å²) in [6.07, 6.45) is 5.58. The fourth-order valence-electron chi connectivity index (χ4n) is 5.26. The molecule has 1 aromatic heterocycles. The average molecular weight is 547 g/mol. The predicted molar refractivity (Wildman–Crippen MR) is 144 cm³/mol. The van der Waals surface area contributed by atoms with E-state index in [2.05, 4.69) is 0 Å². The second-order valence-corrected chi connectivity index (χ2v) is 12.6. The number of pyridine rings is 1. The molecule has 0 bridgehead atoms. The standard InChI is InChI=1S/C28H35FN2O6S/c1-17(2)26-22(13-12-20-15-21(16-24(32)33)37-28(3,4)36-20)25(18-8-10-19(29)11-9-18)23-7-6-14-31(27(23)30-26)38(5,34)35/h8-13,17,20-21H,6-7,14-16H2,1-5H3,(H,32,33)/t20-,21-/m1/s1. The highest BCUT2D eigenvalue weighted by molar-refractivity contribution is 7.92. The molecule has 2 atom stereocenters. The van der Waals surface area contributed by atoms with Gasteiger partial charge in [-0.1, -0.05) is 38.1 Å². The van der Waals surface area contributed by atoms with Crippen molar-refractivity contribution in [3.8, 4) is 11.1 Å². The van der Waals surface area contributed by atoms with Crippen molar-refractivity contribution < 1.29 is 32.2 Å². The molecular weight excluding hydrogens is 511 g/mol. The summed E-state index contributed by atoms with van der Waals surface area (Å²) in [5, 5.41) is 9.28. The minimum atomic E-state index is -3.55. The number of carboxylic acids is 1.